The lowest BCUT2D eigenvalue weighted by molar-refractivity contribution is 0.628. The van der Waals surface area contributed by atoms with Crippen LogP contribution in [0.2, 0.25) is 0 Å². The summed E-state index contributed by atoms with van der Waals surface area (Å²) in [7, 11) is 1.70. The molecule has 0 spiro atoms. The van der Waals surface area contributed by atoms with E-state index in [1.54, 1.807) is 13.1 Å². The van der Waals surface area contributed by atoms with Crippen LogP contribution in [0.15, 0.2) is 22.7 Å². The molecule has 0 aliphatic carbocycles. The molecule has 1 N–H and O–H groups in total. The Labute approximate surface area is 106 Å². The number of nitrogens with zero attached hydrogens (tertiary/aromatic N) is 5. The van der Waals surface area contributed by atoms with Crippen LogP contribution in [0.3, 0.4) is 0 Å². The predicted octanol–water partition coefficient (Wildman–Crippen LogP) is 1.46. The number of anilines is 1. The molecule has 1 heterocycles. The van der Waals surface area contributed by atoms with Gasteiger partial charge >= 0.3 is 0 Å². The Bertz CT molecular complexity index is 570. The molecule has 0 aliphatic heterocycles. The first-order valence-electron chi connectivity index (χ1n) is 4.85. The van der Waals surface area contributed by atoms with Crippen molar-refractivity contribution in [1.82, 2.24) is 20.2 Å². The van der Waals surface area contributed by atoms with Gasteiger partial charge in [0.05, 0.1) is 24.8 Å². The summed E-state index contributed by atoms with van der Waals surface area (Å²) in [4.78, 5) is 1.39. The summed E-state index contributed by atoms with van der Waals surface area (Å²) in [5.74, 6) is 0.580. The number of rotatable bonds is 3. The van der Waals surface area contributed by atoms with Crippen LogP contribution in [0.5, 0.6) is 0 Å². The number of hydrogen-bond donors (Lipinski definition) is 1. The lowest BCUT2D eigenvalue weighted by Crippen LogP contribution is -2.03. The first-order valence-corrected chi connectivity index (χ1v) is 5.65. The van der Waals surface area contributed by atoms with E-state index in [-0.39, 0.29) is 0 Å². The molecule has 0 saturated heterocycles. The molecule has 6 nitrogen and oxygen atoms in total. The van der Waals surface area contributed by atoms with E-state index in [2.05, 4.69) is 42.7 Å². The number of hydrogen-bond acceptors (Lipinski definition) is 5. The van der Waals surface area contributed by atoms with Crippen LogP contribution in [-0.4, -0.2) is 20.2 Å². The summed E-state index contributed by atoms with van der Waals surface area (Å²) in [5.41, 5.74) is 1.33. The van der Waals surface area contributed by atoms with E-state index in [4.69, 9.17) is 5.26 Å². The van der Waals surface area contributed by atoms with E-state index in [1.807, 2.05) is 12.1 Å². The standard InChI is InChI=1S/C10H9BrN6/c1-17-15-10(14-16-17)6-13-9-4-8(11)3-2-7(9)5-12/h2-4,13H,6H2,1H3. The summed E-state index contributed by atoms with van der Waals surface area (Å²) in [6.45, 7) is 0.430. The van der Waals surface area contributed by atoms with Gasteiger partial charge in [-0.25, -0.2) is 0 Å². The molecule has 0 aliphatic rings. The molecule has 17 heavy (non-hydrogen) atoms. The number of benzene rings is 1. The maximum atomic E-state index is 8.96. The first kappa shape index (κ1) is 11.5. The maximum Gasteiger partial charge on any atom is 0.193 e. The predicted molar refractivity (Wildman–Crippen MR) is 65.0 cm³/mol. The minimum Gasteiger partial charge on any atom is -0.376 e. The van der Waals surface area contributed by atoms with Gasteiger partial charge in [-0.05, 0) is 23.4 Å². The van der Waals surface area contributed by atoms with E-state index in [0.717, 1.165) is 10.2 Å². The van der Waals surface area contributed by atoms with Crippen molar-refractivity contribution in [2.24, 2.45) is 7.05 Å². The normalized spacial score (nSPS) is 9.94. The molecule has 0 saturated carbocycles. The molecule has 0 fully saturated rings. The minimum absolute atomic E-state index is 0.430. The van der Waals surface area contributed by atoms with Crippen molar-refractivity contribution in [1.29, 1.82) is 5.26 Å². The van der Waals surface area contributed by atoms with Crippen molar-refractivity contribution in [3.63, 3.8) is 0 Å². The number of aromatic nitrogens is 4. The monoisotopic (exact) mass is 292 g/mol. The second kappa shape index (κ2) is 4.93. The van der Waals surface area contributed by atoms with E-state index >= 15 is 0 Å². The topological polar surface area (TPSA) is 79.4 Å². The molecule has 0 unspecified atom stereocenters. The van der Waals surface area contributed by atoms with Crippen LogP contribution in [0.25, 0.3) is 0 Å². The summed E-state index contributed by atoms with van der Waals surface area (Å²) in [6.07, 6.45) is 0. The quantitative estimate of drug-likeness (QED) is 0.926. The molecule has 1 aromatic carbocycles. The molecule has 2 rings (SSSR count). The molecular weight excluding hydrogens is 284 g/mol. The van der Waals surface area contributed by atoms with Crippen molar-refractivity contribution in [3.8, 4) is 6.07 Å². The number of halogens is 1. The van der Waals surface area contributed by atoms with Crippen LogP contribution in [0.1, 0.15) is 11.4 Å². The van der Waals surface area contributed by atoms with Crippen LogP contribution in [-0.2, 0) is 13.6 Å². The van der Waals surface area contributed by atoms with Gasteiger partial charge in [0.15, 0.2) is 5.82 Å². The van der Waals surface area contributed by atoms with Gasteiger partial charge in [-0.2, -0.15) is 10.1 Å². The number of aryl methyl sites for hydroxylation is 1. The minimum atomic E-state index is 0.430. The first-order chi connectivity index (χ1) is 8.19. The third-order valence-electron chi connectivity index (χ3n) is 2.09. The molecular formula is C10H9BrN6. The highest BCUT2D eigenvalue weighted by molar-refractivity contribution is 9.10. The highest BCUT2D eigenvalue weighted by atomic mass is 79.9. The molecule has 0 amide bonds. The van der Waals surface area contributed by atoms with Gasteiger partial charge in [-0.1, -0.05) is 15.9 Å². The Morgan fingerprint density at radius 1 is 1.53 bits per heavy atom. The summed E-state index contributed by atoms with van der Waals surface area (Å²) in [5, 5.41) is 23.7. The Morgan fingerprint density at radius 3 is 3.00 bits per heavy atom. The number of nitriles is 1. The molecule has 0 bridgehead atoms. The lowest BCUT2D eigenvalue weighted by Gasteiger charge is -2.06. The van der Waals surface area contributed by atoms with Crippen molar-refractivity contribution in [3.05, 3.63) is 34.1 Å². The third-order valence-corrected chi connectivity index (χ3v) is 2.58. The zero-order chi connectivity index (χ0) is 12.3. The summed E-state index contributed by atoms with van der Waals surface area (Å²) in [6, 6.07) is 7.53. The van der Waals surface area contributed by atoms with Crippen molar-refractivity contribution < 1.29 is 0 Å². The van der Waals surface area contributed by atoms with Gasteiger partial charge in [0.1, 0.15) is 6.07 Å². The van der Waals surface area contributed by atoms with E-state index in [1.165, 1.54) is 4.80 Å². The highest BCUT2D eigenvalue weighted by Crippen LogP contribution is 2.20. The Kier molecular flexibility index (Phi) is 3.35. The van der Waals surface area contributed by atoms with Crippen molar-refractivity contribution >= 4 is 21.6 Å². The van der Waals surface area contributed by atoms with Crippen LogP contribution in [0.4, 0.5) is 5.69 Å². The Morgan fingerprint density at radius 2 is 2.35 bits per heavy atom. The second-order valence-corrected chi connectivity index (χ2v) is 4.27. The van der Waals surface area contributed by atoms with Crippen LogP contribution < -0.4 is 5.32 Å². The van der Waals surface area contributed by atoms with Gasteiger partial charge in [0, 0.05) is 4.47 Å². The molecule has 2 aromatic rings. The lowest BCUT2D eigenvalue weighted by atomic mass is 10.2. The zero-order valence-corrected chi connectivity index (χ0v) is 10.6. The number of tetrazole rings is 1. The summed E-state index contributed by atoms with van der Waals surface area (Å²) >= 11 is 3.36. The fraction of sp³-hybridized carbons (Fsp3) is 0.200. The molecule has 1 aromatic heterocycles. The van der Waals surface area contributed by atoms with E-state index < -0.39 is 0 Å². The Balaban J connectivity index is 2.13. The second-order valence-electron chi connectivity index (χ2n) is 3.35. The molecule has 86 valence electrons. The maximum absolute atomic E-state index is 8.96. The number of nitrogens with one attached hydrogen (secondary N) is 1. The van der Waals surface area contributed by atoms with Gasteiger partial charge in [-0.3, -0.25) is 0 Å². The van der Waals surface area contributed by atoms with Gasteiger partial charge in [-0.15, -0.1) is 10.2 Å². The zero-order valence-electron chi connectivity index (χ0n) is 9.05. The fourth-order valence-electron chi connectivity index (χ4n) is 1.33. The fourth-order valence-corrected chi connectivity index (χ4v) is 1.69. The van der Waals surface area contributed by atoms with Crippen molar-refractivity contribution in [2.75, 3.05) is 5.32 Å². The molecule has 0 atom stereocenters. The molecule has 0 radical (unpaired) electrons. The van der Waals surface area contributed by atoms with Gasteiger partial charge in [0.2, 0.25) is 0 Å². The van der Waals surface area contributed by atoms with Gasteiger partial charge < -0.3 is 5.32 Å². The highest BCUT2D eigenvalue weighted by Gasteiger charge is 2.04. The van der Waals surface area contributed by atoms with E-state index in [0.29, 0.717) is 17.9 Å². The van der Waals surface area contributed by atoms with Crippen LogP contribution >= 0.6 is 15.9 Å². The van der Waals surface area contributed by atoms with Crippen LogP contribution in [0, 0.1) is 11.3 Å². The van der Waals surface area contributed by atoms with Crippen molar-refractivity contribution in [2.45, 2.75) is 6.54 Å². The average molecular weight is 293 g/mol. The average Bonchev–Trinajstić information content (AvgIpc) is 2.73. The SMILES string of the molecule is Cn1nnc(CNc2cc(Br)ccc2C#N)n1. The third kappa shape index (κ3) is 2.79. The smallest absolute Gasteiger partial charge is 0.193 e. The van der Waals surface area contributed by atoms with E-state index in [9.17, 15) is 0 Å². The Hall–Kier alpha value is -1.94. The molecule has 7 heteroatoms. The largest absolute Gasteiger partial charge is 0.376 e. The van der Waals surface area contributed by atoms with Gasteiger partial charge in [0.25, 0.3) is 0 Å². The summed E-state index contributed by atoms with van der Waals surface area (Å²) < 4.78 is 0.908.